The van der Waals surface area contributed by atoms with E-state index in [4.69, 9.17) is 4.74 Å². The van der Waals surface area contributed by atoms with Crippen LogP contribution in [0.25, 0.3) is 10.9 Å². The van der Waals surface area contributed by atoms with Crippen LogP contribution in [0.4, 0.5) is 0 Å². The van der Waals surface area contributed by atoms with E-state index in [2.05, 4.69) is 20.9 Å². The van der Waals surface area contributed by atoms with Crippen molar-refractivity contribution in [2.45, 2.75) is 6.92 Å². The van der Waals surface area contributed by atoms with Crippen molar-refractivity contribution in [3.63, 3.8) is 0 Å². The van der Waals surface area contributed by atoms with Gasteiger partial charge in [0.05, 0.1) is 17.7 Å². The number of aromatic nitrogens is 1. The predicted molar refractivity (Wildman–Crippen MR) is 65.4 cm³/mol. The average Bonchev–Trinajstić information content (AvgIpc) is 2.29. The lowest BCUT2D eigenvalue weighted by atomic mass is 10.1. The van der Waals surface area contributed by atoms with Gasteiger partial charge in [-0.2, -0.15) is 0 Å². The third-order valence-electron chi connectivity index (χ3n) is 2.20. The van der Waals surface area contributed by atoms with Crippen LogP contribution >= 0.6 is 15.9 Å². The predicted octanol–water partition coefficient (Wildman–Crippen LogP) is 3.17. The van der Waals surface area contributed by atoms with E-state index in [0.717, 1.165) is 15.4 Å². The molecule has 0 radical (unpaired) electrons. The van der Waals surface area contributed by atoms with Crippen molar-refractivity contribution in [3.05, 3.63) is 40.5 Å². The SMILES string of the molecule is CCOC(=O)c1ccc2nccc(Br)c2c1. The Balaban J connectivity index is 2.51. The minimum atomic E-state index is -0.305. The lowest BCUT2D eigenvalue weighted by Crippen LogP contribution is -2.04. The van der Waals surface area contributed by atoms with Gasteiger partial charge in [0.2, 0.25) is 0 Å². The molecule has 0 saturated heterocycles. The van der Waals surface area contributed by atoms with Gasteiger partial charge in [0.15, 0.2) is 0 Å². The highest BCUT2D eigenvalue weighted by Gasteiger charge is 2.08. The van der Waals surface area contributed by atoms with Gasteiger partial charge in [0.1, 0.15) is 0 Å². The van der Waals surface area contributed by atoms with Gasteiger partial charge in [0.25, 0.3) is 0 Å². The summed E-state index contributed by atoms with van der Waals surface area (Å²) in [6.45, 7) is 2.17. The molecule has 0 spiro atoms. The second-order valence-electron chi connectivity index (χ2n) is 3.25. The molecular weight excluding hydrogens is 270 g/mol. The molecule has 1 aromatic heterocycles. The number of hydrogen-bond acceptors (Lipinski definition) is 3. The number of esters is 1. The largest absolute Gasteiger partial charge is 0.462 e. The van der Waals surface area contributed by atoms with E-state index in [1.807, 2.05) is 12.1 Å². The maximum Gasteiger partial charge on any atom is 0.338 e. The van der Waals surface area contributed by atoms with E-state index >= 15 is 0 Å². The van der Waals surface area contributed by atoms with Gasteiger partial charge in [-0.15, -0.1) is 0 Å². The number of hydrogen-bond donors (Lipinski definition) is 0. The lowest BCUT2D eigenvalue weighted by Gasteiger charge is -2.04. The van der Waals surface area contributed by atoms with Crippen LogP contribution in [-0.4, -0.2) is 17.6 Å². The monoisotopic (exact) mass is 279 g/mol. The van der Waals surface area contributed by atoms with Crippen LogP contribution in [0.2, 0.25) is 0 Å². The summed E-state index contributed by atoms with van der Waals surface area (Å²) in [6.07, 6.45) is 1.72. The first-order valence-electron chi connectivity index (χ1n) is 4.93. The van der Waals surface area contributed by atoms with Gasteiger partial charge in [0, 0.05) is 16.1 Å². The van der Waals surface area contributed by atoms with Crippen LogP contribution < -0.4 is 0 Å². The first-order valence-corrected chi connectivity index (χ1v) is 5.73. The molecule has 3 nitrogen and oxygen atoms in total. The third-order valence-corrected chi connectivity index (χ3v) is 2.89. The Morgan fingerprint density at radius 1 is 1.44 bits per heavy atom. The number of rotatable bonds is 2. The van der Waals surface area contributed by atoms with E-state index in [0.29, 0.717) is 12.2 Å². The smallest absolute Gasteiger partial charge is 0.338 e. The van der Waals surface area contributed by atoms with Crippen LogP contribution in [0.3, 0.4) is 0 Å². The number of pyridine rings is 1. The third kappa shape index (κ3) is 2.07. The highest BCUT2D eigenvalue weighted by molar-refractivity contribution is 9.10. The number of ether oxygens (including phenoxy) is 1. The average molecular weight is 280 g/mol. The number of benzene rings is 1. The highest BCUT2D eigenvalue weighted by Crippen LogP contribution is 2.23. The van der Waals surface area contributed by atoms with Gasteiger partial charge in [-0.25, -0.2) is 4.79 Å². The molecule has 2 aromatic rings. The van der Waals surface area contributed by atoms with Crippen molar-refractivity contribution in [1.29, 1.82) is 0 Å². The first-order chi connectivity index (χ1) is 7.72. The molecule has 2 rings (SSSR count). The second-order valence-corrected chi connectivity index (χ2v) is 4.10. The molecule has 0 amide bonds. The maximum absolute atomic E-state index is 11.5. The van der Waals surface area contributed by atoms with Crippen molar-refractivity contribution in [3.8, 4) is 0 Å². The molecule has 0 fully saturated rings. The summed E-state index contributed by atoms with van der Waals surface area (Å²) < 4.78 is 5.86. The Morgan fingerprint density at radius 2 is 2.25 bits per heavy atom. The van der Waals surface area contributed by atoms with Crippen molar-refractivity contribution in [2.75, 3.05) is 6.61 Å². The Morgan fingerprint density at radius 3 is 3.00 bits per heavy atom. The number of nitrogens with zero attached hydrogens (tertiary/aromatic N) is 1. The van der Waals surface area contributed by atoms with Gasteiger partial charge >= 0.3 is 5.97 Å². The molecule has 0 saturated carbocycles. The molecule has 0 aliphatic rings. The molecule has 16 heavy (non-hydrogen) atoms. The van der Waals surface area contributed by atoms with Gasteiger partial charge < -0.3 is 4.74 Å². The zero-order valence-electron chi connectivity index (χ0n) is 8.74. The summed E-state index contributed by atoms with van der Waals surface area (Å²) in [4.78, 5) is 15.7. The lowest BCUT2D eigenvalue weighted by molar-refractivity contribution is 0.0526. The zero-order chi connectivity index (χ0) is 11.5. The van der Waals surface area contributed by atoms with E-state index in [1.165, 1.54) is 0 Å². The van der Waals surface area contributed by atoms with E-state index < -0.39 is 0 Å². The fourth-order valence-corrected chi connectivity index (χ4v) is 1.89. The Hall–Kier alpha value is -1.42. The van der Waals surface area contributed by atoms with Gasteiger partial charge in [-0.1, -0.05) is 15.9 Å². The van der Waals surface area contributed by atoms with E-state index in [9.17, 15) is 4.79 Å². The molecule has 0 atom stereocenters. The number of halogens is 1. The normalized spacial score (nSPS) is 10.4. The Labute approximate surface area is 102 Å². The minimum absolute atomic E-state index is 0.305. The summed E-state index contributed by atoms with van der Waals surface area (Å²) >= 11 is 3.43. The van der Waals surface area contributed by atoms with Crippen LogP contribution in [0, 0.1) is 0 Å². The molecule has 1 heterocycles. The second kappa shape index (κ2) is 4.61. The molecule has 82 valence electrons. The van der Waals surface area contributed by atoms with Crippen molar-refractivity contribution in [1.82, 2.24) is 4.98 Å². The van der Waals surface area contributed by atoms with Crippen LogP contribution in [-0.2, 0) is 4.74 Å². The molecule has 4 heteroatoms. The minimum Gasteiger partial charge on any atom is -0.462 e. The van der Waals surface area contributed by atoms with E-state index in [1.54, 1.807) is 25.3 Å². The summed E-state index contributed by atoms with van der Waals surface area (Å²) in [5, 5.41) is 0.910. The molecule has 1 aromatic carbocycles. The van der Waals surface area contributed by atoms with Crippen LogP contribution in [0.15, 0.2) is 34.9 Å². The molecular formula is C12H10BrNO2. The van der Waals surface area contributed by atoms with Gasteiger partial charge in [-0.05, 0) is 31.2 Å². The topological polar surface area (TPSA) is 39.2 Å². The van der Waals surface area contributed by atoms with Crippen LogP contribution in [0.5, 0.6) is 0 Å². The molecule has 0 N–H and O–H groups in total. The summed E-state index contributed by atoms with van der Waals surface area (Å²) in [5.74, 6) is -0.305. The molecule has 0 aliphatic carbocycles. The number of carbonyl (C=O) groups excluding carboxylic acids is 1. The number of fused-ring (bicyclic) bond motifs is 1. The maximum atomic E-state index is 11.5. The Bertz CT molecular complexity index is 540. The molecule has 0 aliphatic heterocycles. The van der Waals surface area contributed by atoms with Crippen LogP contribution in [0.1, 0.15) is 17.3 Å². The van der Waals surface area contributed by atoms with Crippen molar-refractivity contribution < 1.29 is 9.53 Å². The van der Waals surface area contributed by atoms with E-state index in [-0.39, 0.29) is 5.97 Å². The first kappa shape index (κ1) is 11.1. The van der Waals surface area contributed by atoms with Gasteiger partial charge in [-0.3, -0.25) is 4.98 Å². The summed E-state index contributed by atoms with van der Waals surface area (Å²) in [7, 11) is 0. The fraction of sp³-hybridized carbons (Fsp3) is 0.167. The fourth-order valence-electron chi connectivity index (χ4n) is 1.45. The Kier molecular flexibility index (Phi) is 3.19. The standard InChI is InChI=1S/C12H10BrNO2/c1-2-16-12(15)8-3-4-11-9(7-8)10(13)5-6-14-11/h3-7H,2H2,1H3. The summed E-state index contributed by atoms with van der Waals surface area (Å²) in [6, 6.07) is 7.16. The molecule has 0 unspecified atom stereocenters. The molecule has 0 bridgehead atoms. The van der Waals surface area contributed by atoms with Crippen molar-refractivity contribution in [2.24, 2.45) is 0 Å². The number of carbonyl (C=O) groups is 1. The zero-order valence-corrected chi connectivity index (χ0v) is 10.3. The summed E-state index contributed by atoms with van der Waals surface area (Å²) in [5.41, 5.74) is 1.39. The van der Waals surface area contributed by atoms with Crippen molar-refractivity contribution >= 4 is 32.8 Å². The quantitative estimate of drug-likeness (QED) is 0.793. The highest BCUT2D eigenvalue weighted by atomic mass is 79.9.